The molecule has 0 fully saturated rings. The first-order valence-corrected chi connectivity index (χ1v) is 5.35. The summed E-state index contributed by atoms with van der Waals surface area (Å²) in [6.07, 6.45) is 0. The molecule has 0 radical (unpaired) electrons. The Balaban J connectivity index is 2.02. The Labute approximate surface area is 99.3 Å². The topological polar surface area (TPSA) is 9.23 Å². The van der Waals surface area contributed by atoms with Crippen molar-refractivity contribution in [2.24, 2.45) is 0 Å². The van der Waals surface area contributed by atoms with Crippen LogP contribution < -0.4 is 4.74 Å². The molecular weight excluding hydrogens is 223 g/mol. The summed E-state index contributed by atoms with van der Waals surface area (Å²) in [7, 11) is 0. The fourth-order valence-corrected chi connectivity index (χ4v) is 1.58. The van der Waals surface area contributed by atoms with Crippen LogP contribution in [-0.4, -0.2) is 0 Å². The second-order valence-electron chi connectivity index (χ2n) is 3.42. The van der Waals surface area contributed by atoms with Crippen LogP contribution in [0.3, 0.4) is 0 Å². The SMILES string of the molecule is Fc1cccc(COc2cccc(S)c2)c1. The molecule has 0 atom stereocenters. The first kappa shape index (κ1) is 11.0. The van der Waals surface area contributed by atoms with Crippen LogP contribution in [0.15, 0.2) is 53.4 Å². The second-order valence-corrected chi connectivity index (χ2v) is 3.93. The first-order chi connectivity index (χ1) is 7.74. The van der Waals surface area contributed by atoms with Crippen molar-refractivity contribution in [2.75, 3.05) is 0 Å². The molecule has 16 heavy (non-hydrogen) atoms. The third-order valence-electron chi connectivity index (χ3n) is 2.11. The third kappa shape index (κ3) is 3.00. The summed E-state index contributed by atoms with van der Waals surface area (Å²) in [5.41, 5.74) is 0.810. The van der Waals surface area contributed by atoms with Crippen molar-refractivity contribution >= 4 is 12.6 Å². The van der Waals surface area contributed by atoms with Crippen LogP contribution in [0.4, 0.5) is 4.39 Å². The molecule has 0 aliphatic rings. The predicted molar refractivity (Wildman–Crippen MR) is 64.4 cm³/mol. The zero-order chi connectivity index (χ0) is 11.4. The minimum atomic E-state index is -0.246. The Morgan fingerprint density at radius 1 is 1.06 bits per heavy atom. The van der Waals surface area contributed by atoms with Crippen LogP contribution in [-0.2, 0) is 6.61 Å². The van der Waals surface area contributed by atoms with Crippen molar-refractivity contribution in [3.63, 3.8) is 0 Å². The second kappa shape index (κ2) is 5.03. The number of rotatable bonds is 3. The molecular formula is C13H11FOS. The predicted octanol–water partition coefficient (Wildman–Crippen LogP) is 3.69. The maximum Gasteiger partial charge on any atom is 0.123 e. The highest BCUT2D eigenvalue weighted by Crippen LogP contribution is 2.17. The van der Waals surface area contributed by atoms with Gasteiger partial charge in [-0.25, -0.2) is 4.39 Å². The number of hydrogen-bond donors (Lipinski definition) is 1. The lowest BCUT2D eigenvalue weighted by molar-refractivity contribution is 0.305. The van der Waals surface area contributed by atoms with Gasteiger partial charge in [-0.1, -0.05) is 18.2 Å². The fraction of sp³-hybridized carbons (Fsp3) is 0.0769. The molecule has 2 aromatic carbocycles. The summed E-state index contributed by atoms with van der Waals surface area (Å²) in [6, 6.07) is 13.8. The van der Waals surface area contributed by atoms with E-state index in [0.717, 1.165) is 16.2 Å². The van der Waals surface area contributed by atoms with Gasteiger partial charge in [0.2, 0.25) is 0 Å². The highest BCUT2D eigenvalue weighted by atomic mass is 32.1. The molecule has 0 spiro atoms. The summed E-state index contributed by atoms with van der Waals surface area (Å²) in [5.74, 6) is 0.487. The summed E-state index contributed by atoms with van der Waals surface area (Å²) in [6.45, 7) is 0.356. The normalized spacial score (nSPS) is 10.1. The molecule has 0 saturated carbocycles. The molecule has 0 N–H and O–H groups in total. The average molecular weight is 234 g/mol. The van der Waals surface area contributed by atoms with Crippen LogP contribution in [0.1, 0.15) is 5.56 Å². The summed E-state index contributed by atoms with van der Waals surface area (Å²) < 4.78 is 18.4. The van der Waals surface area contributed by atoms with Gasteiger partial charge in [0.05, 0.1) is 0 Å². The van der Waals surface area contributed by atoms with E-state index in [1.165, 1.54) is 12.1 Å². The Kier molecular flexibility index (Phi) is 3.47. The van der Waals surface area contributed by atoms with Gasteiger partial charge in [0, 0.05) is 4.90 Å². The van der Waals surface area contributed by atoms with Gasteiger partial charge in [0.1, 0.15) is 18.2 Å². The van der Waals surface area contributed by atoms with Crippen molar-refractivity contribution in [1.29, 1.82) is 0 Å². The van der Waals surface area contributed by atoms with Gasteiger partial charge in [-0.15, -0.1) is 12.6 Å². The smallest absolute Gasteiger partial charge is 0.123 e. The molecule has 0 bridgehead atoms. The molecule has 3 heteroatoms. The Hall–Kier alpha value is -1.48. The molecule has 82 valence electrons. The number of hydrogen-bond acceptors (Lipinski definition) is 2. The van der Waals surface area contributed by atoms with Crippen molar-refractivity contribution < 1.29 is 9.13 Å². The minimum absolute atomic E-state index is 0.246. The molecule has 1 nitrogen and oxygen atoms in total. The maximum absolute atomic E-state index is 12.9. The third-order valence-corrected chi connectivity index (χ3v) is 2.39. The van der Waals surface area contributed by atoms with E-state index in [2.05, 4.69) is 12.6 Å². The molecule has 0 saturated heterocycles. The van der Waals surface area contributed by atoms with E-state index in [-0.39, 0.29) is 5.82 Å². The molecule has 2 aromatic rings. The van der Waals surface area contributed by atoms with Crippen LogP contribution >= 0.6 is 12.6 Å². The fourth-order valence-electron chi connectivity index (χ4n) is 1.37. The van der Waals surface area contributed by atoms with E-state index < -0.39 is 0 Å². The summed E-state index contributed by atoms with van der Waals surface area (Å²) in [5, 5.41) is 0. The Bertz CT molecular complexity index is 439. The van der Waals surface area contributed by atoms with Crippen molar-refractivity contribution in [1.82, 2.24) is 0 Å². The van der Waals surface area contributed by atoms with Gasteiger partial charge < -0.3 is 4.74 Å². The van der Waals surface area contributed by atoms with Gasteiger partial charge in [-0.2, -0.15) is 0 Å². The lowest BCUT2D eigenvalue weighted by Gasteiger charge is -2.06. The van der Waals surface area contributed by atoms with Crippen LogP contribution in [0, 0.1) is 5.82 Å². The Morgan fingerprint density at radius 3 is 2.62 bits per heavy atom. The van der Waals surface area contributed by atoms with E-state index >= 15 is 0 Å². The van der Waals surface area contributed by atoms with Gasteiger partial charge in [-0.05, 0) is 35.9 Å². The minimum Gasteiger partial charge on any atom is -0.489 e. The van der Waals surface area contributed by atoms with Crippen molar-refractivity contribution in [3.05, 3.63) is 59.9 Å². The monoisotopic (exact) mass is 234 g/mol. The zero-order valence-electron chi connectivity index (χ0n) is 8.56. The standard InChI is InChI=1S/C13H11FOS/c14-11-4-1-3-10(7-11)9-15-12-5-2-6-13(16)8-12/h1-8,16H,9H2. The van der Waals surface area contributed by atoms with Crippen LogP contribution in [0.5, 0.6) is 5.75 Å². The van der Waals surface area contributed by atoms with Gasteiger partial charge >= 0.3 is 0 Å². The number of halogens is 1. The highest BCUT2D eigenvalue weighted by Gasteiger charge is 1.97. The zero-order valence-corrected chi connectivity index (χ0v) is 9.45. The van der Waals surface area contributed by atoms with E-state index in [0.29, 0.717) is 6.61 Å². The van der Waals surface area contributed by atoms with E-state index in [1.54, 1.807) is 6.07 Å². The van der Waals surface area contributed by atoms with Gasteiger partial charge in [0.25, 0.3) is 0 Å². The van der Waals surface area contributed by atoms with Crippen LogP contribution in [0.25, 0.3) is 0 Å². The van der Waals surface area contributed by atoms with E-state index in [9.17, 15) is 4.39 Å². The molecule has 0 amide bonds. The van der Waals surface area contributed by atoms with Crippen molar-refractivity contribution in [3.8, 4) is 5.75 Å². The molecule has 0 aromatic heterocycles. The molecule has 0 aliphatic heterocycles. The number of benzene rings is 2. The lowest BCUT2D eigenvalue weighted by atomic mass is 10.2. The largest absolute Gasteiger partial charge is 0.489 e. The highest BCUT2D eigenvalue weighted by molar-refractivity contribution is 7.80. The van der Waals surface area contributed by atoms with Crippen molar-refractivity contribution in [2.45, 2.75) is 11.5 Å². The van der Waals surface area contributed by atoms with Gasteiger partial charge in [-0.3, -0.25) is 0 Å². The first-order valence-electron chi connectivity index (χ1n) is 4.90. The van der Waals surface area contributed by atoms with E-state index in [4.69, 9.17) is 4.74 Å². The Morgan fingerprint density at radius 2 is 1.88 bits per heavy atom. The molecule has 0 aliphatic carbocycles. The molecule has 2 rings (SSSR count). The lowest BCUT2D eigenvalue weighted by Crippen LogP contribution is -1.95. The number of thiol groups is 1. The maximum atomic E-state index is 12.9. The van der Waals surface area contributed by atoms with Gasteiger partial charge in [0.15, 0.2) is 0 Å². The van der Waals surface area contributed by atoms with Crippen LogP contribution in [0.2, 0.25) is 0 Å². The average Bonchev–Trinajstić information content (AvgIpc) is 2.27. The molecule has 0 heterocycles. The quantitative estimate of drug-likeness (QED) is 0.797. The van der Waals surface area contributed by atoms with E-state index in [1.807, 2.05) is 30.3 Å². The number of ether oxygens (including phenoxy) is 1. The summed E-state index contributed by atoms with van der Waals surface area (Å²) >= 11 is 4.21. The molecule has 0 unspecified atom stereocenters. The summed E-state index contributed by atoms with van der Waals surface area (Å²) in [4.78, 5) is 0.844.